The third kappa shape index (κ3) is 5.00. The molecule has 0 aliphatic carbocycles. The zero-order valence-electron chi connectivity index (χ0n) is 19.4. The van der Waals surface area contributed by atoms with Gasteiger partial charge in [-0.25, -0.2) is 4.68 Å². The zero-order valence-corrected chi connectivity index (χ0v) is 21.0. The number of nitrogens with zero attached hydrogens (tertiary/aromatic N) is 4. The maximum absolute atomic E-state index is 13.4. The third-order valence-corrected chi connectivity index (χ3v) is 9.16. The van der Waals surface area contributed by atoms with Crippen molar-refractivity contribution in [3.63, 3.8) is 0 Å². The molecule has 2 aromatic rings. The van der Waals surface area contributed by atoms with Crippen LogP contribution in [0.2, 0.25) is 5.02 Å². The molecule has 5 rings (SSSR count). The van der Waals surface area contributed by atoms with Crippen molar-refractivity contribution in [3.05, 3.63) is 45.8 Å². The number of para-hydroxylation sites is 2. The molecule has 190 valence electrons. The van der Waals surface area contributed by atoms with Crippen molar-refractivity contribution in [3.8, 4) is 5.75 Å². The van der Waals surface area contributed by atoms with Gasteiger partial charge in [0.25, 0.3) is 5.56 Å². The van der Waals surface area contributed by atoms with E-state index in [0.717, 1.165) is 19.4 Å². The highest BCUT2D eigenvalue weighted by atomic mass is 35.5. The first-order valence-electron chi connectivity index (χ1n) is 12.0. The minimum Gasteiger partial charge on any atom is -0.489 e. The van der Waals surface area contributed by atoms with Gasteiger partial charge in [-0.1, -0.05) is 23.7 Å². The molecule has 0 spiro atoms. The summed E-state index contributed by atoms with van der Waals surface area (Å²) < 4.78 is 42.2. The smallest absolute Gasteiger partial charge is 0.304 e. The van der Waals surface area contributed by atoms with E-state index in [1.54, 1.807) is 24.4 Å². The number of halogens is 1. The average Bonchev–Trinajstić information content (AvgIpc) is 2.90. The fraction of sp³-hybridized carbons (Fsp3) is 0.565. The number of benzene rings is 1. The molecule has 1 unspecified atom stereocenters. The van der Waals surface area contributed by atoms with E-state index < -0.39 is 10.2 Å². The number of rotatable bonds is 6. The molecule has 1 aromatic carbocycles. The van der Waals surface area contributed by atoms with E-state index >= 15 is 0 Å². The summed E-state index contributed by atoms with van der Waals surface area (Å²) in [4.78, 5) is 13.0. The summed E-state index contributed by atoms with van der Waals surface area (Å²) in [5.41, 5.74) is 0.706. The van der Waals surface area contributed by atoms with Gasteiger partial charge in [-0.3, -0.25) is 9.10 Å². The van der Waals surface area contributed by atoms with Crippen LogP contribution in [0.3, 0.4) is 0 Å². The first-order chi connectivity index (χ1) is 16.9. The van der Waals surface area contributed by atoms with Crippen LogP contribution >= 0.6 is 11.6 Å². The molecule has 35 heavy (non-hydrogen) atoms. The molecule has 0 radical (unpaired) electrons. The van der Waals surface area contributed by atoms with Gasteiger partial charge < -0.3 is 14.8 Å². The summed E-state index contributed by atoms with van der Waals surface area (Å²) in [7, 11) is -3.71. The van der Waals surface area contributed by atoms with Crippen LogP contribution in [0.4, 0.5) is 11.4 Å². The van der Waals surface area contributed by atoms with Gasteiger partial charge in [-0.05, 0) is 43.7 Å². The second-order valence-electron chi connectivity index (χ2n) is 9.11. The quantitative estimate of drug-likeness (QED) is 0.620. The topological polar surface area (TPSA) is 106 Å². The standard InChI is InChI=1S/C23H30ClN5O5S/c24-22-19(25-14-17-4-3-12-33-16-17)15-26-29(23(22)30)18-7-9-27(10-8-18)35(31,32)28-11-13-34-21-6-2-1-5-20(21)28/h1-2,5-6,15,17-18,25H,3-4,7-14,16H2. The molecule has 0 amide bonds. The molecule has 3 aliphatic rings. The summed E-state index contributed by atoms with van der Waals surface area (Å²) in [6.07, 6.45) is 4.64. The Morgan fingerprint density at radius 3 is 2.69 bits per heavy atom. The first-order valence-corrected chi connectivity index (χ1v) is 13.8. The highest BCUT2D eigenvalue weighted by molar-refractivity contribution is 7.90. The number of hydrogen-bond donors (Lipinski definition) is 1. The van der Waals surface area contributed by atoms with Crippen molar-refractivity contribution in [2.45, 2.75) is 31.7 Å². The molecule has 3 aliphatic heterocycles. The van der Waals surface area contributed by atoms with E-state index in [2.05, 4.69) is 10.4 Å². The van der Waals surface area contributed by atoms with Gasteiger partial charge in [0.1, 0.15) is 17.4 Å². The number of nitrogens with one attached hydrogen (secondary N) is 1. The number of hydrogen-bond acceptors (Lipinski definition) is 7. The Kier molecular flexibility index (Phi) is 7.19. The Morgan fingerprint density at radius 1 is 1.11 bits per heavy atom. The second kappa shape index (κ2) is 10.3. The molecule has 10 nitrogen and oxygen atoms in total. The van der Waals surface area contributed by atoms with Gasteiger partial charge >= 0.3 is 10.2 Å². The van der Waals surface area contributed by atoms with E-state index in [9.17, 15) is 13.2 Å². The molecular formula is C23H30ClN5O5S. The zero-order chi connectivity index (χ0) is 24.4. The molecule has 1 N–H and O–H groups in total. The van der Waals surface area contributed by atoms with E-state index in [4.69, 9.17) is 21.1 Å². The maximum atomic E-state index is 13.4. The normalized spacial score (nSPS) is 21.9. The van der Waals surface area contributed by atoms with Crippen LogP contribution in [-0.2, 0) is 14.9 Å². The number of piperidine rings is 1. The lowest BCUT2D eigenvalue weighted by Crippen LogP contribution is -2.50. The Morgan fingerprint density at radius 2 is 1.91 bits per heavy atom. The molecule has 0 saturated carbocycles. The number of aromatic nitrogens is 2. The molecule has 2 saturated heterocycles. The minimum atomic E-state index is -3.71. The molecule has 1 atom stereocenters. The van der Waals surface area contributed by atoms with Gasteiger partial charge in [0, 0.05) is 26.2 Å². The summed E-state index contributed by atoms with van der Waals surface area (Å²) in [5.74, 6) is 0.944. The Labute approximate surface area is 209 Å². The van der Waals surface area contributed by atoms with Gasteiger partial charge in [0.05, 0.1) is 36.8 Å². The van der Waals surface area contributed by atoms with Crippen molar-refractivity contribution in [2.24, 2.45) is 5.92 Å². The van der Waals surface area contributed by atoms with Crippen LogP contribution in [0.25, 0.3) is 0 Å². The predicted molar refractivity (Wildman–Crippen MR) is 134 cm³/mol. The van der Waals surface area contributed by atoms with Crippen molar-refractivity contribution >= 4 is 33.2 Å². The summed E-state index contributed by atoms with van der Waals surface area (Å²) >= 11 is 6.39. The summed E-state index contributed by atoms with van der Waals surface area (Å²) in [5, 5.41) is 7.71. The molecular weight excluding hydrogens is 494 g/mol. The molecule has 1 aromatic heterocycles. The Hall–Kier alpha value is -2.34. The first kappa shape index (κ1) is 24.4. The van der Waals surface area contributed by atoms with Crippen molar-refractivity contribution < 1.29 is 17.9 Å². The monoisotopic (exact) mass is 523 g/mol. The van der Waals surface area contributed by atoms with Gasteiger partial charge in [0.15, 0.2) is 0 Å². The third-order valence-electron chi connectivity index (χ3n) is 6.84. The van der Waals surface area contributed by atoms with E-state index in [-0.39, 0.29) is 23.2 Å². The van der Waals surface area contributed by atoms with Crippen LogP contribution in [0, 0.1) is 5.92 Å². The minimum absolute atomic E-state index is 0.108. The highest BCUT2D eigenvalue weighted by Crippen LogP contribution is 2.35. The summed E-state index contributed by atoms with van der Waals surface area (Å²) in [6, 6.07) is 6.92. The SMILES string of the molecule is O=c1c(Cl)c(NCC2CCCOC2)cnn1C1CCN(S(=O)(=O)N2CCOc3ccccc32)CC1. The average molecular weight is 524 g/mol. The molecule has 4 heterocycles. The Bertz CT molecular complexity index is 1210. The maximum Gasteiger partial charge on any atom is 0.304 e. The van der Waals surface area contributed by atoms with Crippen LogP contribution in [0.5, 0.6) is 5.75 Å². The highest BCUT2D eigenvalue weighted by Gasteiger charge is 2.36. The van der Waals surface area contributed by atoms with Crippen molar-refractivity contribution in [1.29, 1.82) is 0 Å². The fourth-order valence-corrected chi connectivity index (χ4v) is 6.75. The van der Waals surface area contributed by atoms with Crippen molar-refractivity contribution in [2.75, 3.05) is 55.6 Å². The van der Waals surface area contributed by atoms with Crippen LogP contribution in [-0.4, -0.2) is 68.5 Å². The number of fused-ring (bicyclic) bond motifs is 1. The fourth-order valence-electron chi connectivity index (χ4n) is 4.89. The number of ether oxygens (including phenoxy) is 2. The van der Waals surface area contributed by atoms with E-state index in [1.165, 1.54) is 13.3 Å². The lowest BCUT2D eigenvalue weighted by Gasteiger charge is -2.37. The van der Waals surface area contributed by atoms with Crippen molar-refractivity contribution in [1.82, 2.24) is 14.1 Å². The number of anilines is 2. The predicted octanol–water partition coefficient (Wildman–Crippen LogP) is 2.52. The molecule has 0 bridgehead atoms. The molecule has 12 heteroatoms. The second-order valence-corrected chi connectivity index (χ2v) is 11.3. The largest absolute Gasteiger partial charge is 0.489 e. The summed E-state index contributed by atoms with van der Waals surface area (Å²) in [6.45, 7) is 3.32. The lowest BCUT2D eigenvalue weighted by molar-refractivity contribution is 0.0595. The van der Waals surface area contributed by atoms with Crippen LogP contribution in [0.1, 0.15) is 31.7 Å². The molecule has 2 fully saturated rings. The Balaban J connectivity index is 1.24. The van der Waals surface area contributed by atoms with E-state index in [0.29, 0.717) is 68.7 Å². The van der Waals surface area contributed by atoms with Gasteiger partial charge in [-0.2, -0.15) is 17.8 Å². The van der Waals surface area contributed by atoms with Gasteiger partial charge in [-0.15, -0.1) is 0 Å². The van der Waals surface area contributed by atoms with Gasteiger partial charge in [0.2, 0.25) is 0 Å². The van der Waals surface area contributed by atoms with E-state index in [1.807, 2.05) is 6.07 Å². The van der Waals surface area contributed by atoms with Crippen LogP contribution < -0.4 is 19.9 Å². The lowest BCUT2D eigenvalue weighted by atomic mass is 10.0. The van der Waals surface area contributed by atoms with Crippen LogP contribution in [0.15, 0.2) is 35.3 Å².